The number of hydrogen-bond acceptors (Lipinski definition) is 5. The molecule has 0 spiro atoms. The largest absolute Gasteiger partial charge is 0.458 e. The molecule has 3 heterocycles. The van der Waals surface area contributed by atoms with E-state index in [1.54, 1.807) is 16.2 Å². The number of nitrogens with zero attached hydrogens (tertiary/aromatic N) is 3. The van der Waals surface area contributed by atoms with Crippen LogP contribution in [0.4, 0.5) is 18.0 Å². The highest BCUT2D eigenvalue weighted by molar-refractivity contribution is 7.09. The van der Waals surface area contributed by atoms with Crippen molar-refractivity contribution in [2.75, 3.05) is 13.1 Å². The van der Waals surface area contributed by atoms with Crippen LogP contribution in [0.1, 0.15) is 23.4 Å². The van der Waals surface area contributed by atoms with E-state index >= 15 is 0 Å². The first-order valence-corrected chi connectivity index (χ1v) is 8.92. The van der Waals surface area contributed by atoms with Crippen molar-refractivity contribution >= 4 is 17.4 Å². The molecule has 6 nitrogen and oxygen atoms in total. The van der Waals surface area contributed by atoms with E-state index in [0.717, 1.165) is 17.1 Å². The fourth-order valence-electron chi connectivity index (χ4n) is 2.61. The summed E-state index contributed by atoms with van der Waals surface area (Å²) >= 11 is 1.55. The third-order valence-corrected chi connectivity index (χ3v) is 4.73. The Balaban J connectivity index is 1.55. The Morgan fingerprint density at radius 3 is 3.00 bits per heavy atom. The Labute approximate surface area is 152 Å². The number of likely N-dealkylation sites (tertiary alicyclic amines) is 1. The van der Waals surface area contributed by atoms with E-state index in [9.17, 15) is 18.0 Å². The molecule has 2 amide bonds. The Kier molecular flexibility index (Phi) is 5.60. The van der Waals surface area contributed by atoms with E-state index in [4.69, 9.17) is 4.74 Å². The van der Waals surface area contributed by atoms with Gasteiger partial charge in [0, 0.05) is 17.6 Å². The predicted octanol–water partition coefficient (Wildman–Crippen LogP) is 3.31. The van der Waals surface area contributed by atoms with E-state index < -0.39 is 18.0 Å². The lowest BCUT2D eigenvalue weighted by atomic mass is 10.1. The zero-order valence-corrected chi connectivity index (χ0v) is 14.5. The summed E-state index contributed by atoms with van der Waals surface area (Å²) in [4.78, 5) is 22.0. The van der Waals surface area contributed by atoms with Crippen molar-refractivity contribution < 1.29 is 22.7 Å². The Hall–Kier alpha value is -2.36. The summed E-state index contributed by atoms with van der Waals surface area (Å²) in [5.41, 5.74) is -1.05. The lowest BCUT2D eigenvalue weighted by Gasteiger charge is -2.32. The van der Waals surface area contributed by atoms with Crippen LogP contribution in [-0.2, 0) is 12.7 Å². The number of ether oxygens (including phenoxy) is 1. The molecule has 2 aromatic rings. The van der Waals surface area contributed by atoms with E-state index in [2.05, 4.69) is 15.3 Å². The third-order valence-electron chi connectivity index (χ3n) is 3.86. The molecule has 1 fully saturated rings. The van der Waals surface area contributed by atoms with Crippen molar-refractivity contribution in [1.82, 2.24) is 20.2 Å². The number of aromatic nitrogens is 2. The van der Waals surface area contributed by atoms with Crippen LogP contribution in [0.5, 0.6) is 6.01 Å². The minimum Gasteiger partial charge on any atom is -0.458 e. The van der Waals surface area contributed by atoms with Crippen molar-refractivity contribution in [3.05, 3.63) is 40.3 Å². The first kappa shape index (κ1) is 18.4. The second kappa shape index (κ2) is 7.90. The number of urea groups is 1. The molecule has 10 heteroatoms. The zero-order chi connectivity index (χ0) is 18.6. The third kappa shape index (κ3) is 4.84. The van der Waals surface area contributed by atoms with Gasteiger partial charge >= 0.3 is 18.2 Å². The summed E-state index contributed by atoms with van der Waals surface area (Å²) in [5, 5.41) is 4.76. The minimum absolute atomic E-state index is 0.225. The maximum absolute atomic E-state index is 12.7. The molecule has 2 aromatic heterocycles. The molecule has 0 radical (unpaired) electrons. The van der Waals surface area contributed by atoms with Gasteiger partial charge in [0.05, 0.1) is 13.1 Å². The highest BCUT2D eigenvalue weighted by Crippen LogP contribution is 2.28. The summed E-state index contributed by atoms with van der Waals surface area (Å²) in [5.74, 6) is 0. The first-order chi connectivity index (χ1) is 12.4. The monoisotopic (exact) mass is 386 g/mol. The molecule has 1 aliphatic rings. The van der Waals surface area contributed by atoms with Gasteiger partial charge in [0.15, 0.2) is 5.69 Å². The highest BCUT2D eigenvalue weighted by Gasteiger charge is 2.33. The van der Waals surface area contributed by atoms with Gasteiger partial charge in [0.1, 0.15) is 6.10 Å². The van der Waals surface area contributed by atoms with Crippen LogP contribution in [0.3, 0.4) is 0 Å². The first-order valence-electron chi connectivity index (χ1n) is 8.04. The number of thiophene rings is 1. The fourth-order valence-corrected chi connectivity index (χ4v) is 3.26. The summed E-state index contributed by atoms with van der Waals surface area (Å²) in [6.07, 6.45) is -2.68. The number of nitrogens with one attached hydrogen (secondary N) is 1. The van der Waals surface area contributed by atoms with Crippen LogP contribution in [0, 0.1) is 0 Å². The lowest BCUT2D eigenvalue weighted by Crippen LogP contribution is -2.48. The van der Waals surface area contributed by atoms with Crippen LogP contribution in [-0.4, -0.2) is 40.1 Å². The molecule has 1 saturated heterocycles. The van der Waals surface area contributed by atoms with Crippen molar-refractivity contribution in [3.8, 4) is 6.01 Å². The van der Waals surface area contributed by atoms with Gasteiger partial charge in [-0.1, -0.05) is 6.07 Å². The number of rotatable bonds is 4. The standard InChI is InChI=1S/C16H17F3N4O2S/c17-16(18,19)13-5-6-20-14(22-13)25-11-3-1-7-23(10-11)15(24)21-9-12-4-2-8-26-12/h2,4-6,8,11H,1,3,7,9-10H2,(H,21,24). The quantitative estimate of drug-likeness (QED) is 0.876. The van der Waals surface area contributed by atoms with Crippen molar-refractivity contribution in [1.29, 1.82) is 0 Å². The van der Waals surface area contributed by atoms with Gasteiger partial charge in [0.25, 0.3) is 0 Å². The maximum atomic E-state index is 12.7. The lowest BCUT2D eigenvalue weighted by molar-refractivity contribution is -0.141. The van der Waals surface area contributed by atoms with Gasteiger partial charge in [-0.2, -0.15) is 18.2 Å². The summed E-state index contributed by atoms with van der Waals surface area (Å²) in [7, 11) is 0. The van der Waals surface area contributed by atoms with Gasteiger partial charge in [-0.05, 0) is 30.4 Å². The van der Waals surface area contributed by atoms with Gasteiger partial charge in [0.2, 0.25) is 0 Å². The molecule has 3 rings (SSSR count). The van der Waals surface area contributed by atoms with Crippen LogP contribution in [0.25, 0.3) is 0 Å². The molecule has 1 unspecified atom stereocenters. The van der Waals surface area contributed by atoms with Crippen LogP contribution in [0.2, 0.25) is 0 Å². The molecule has 1 N–H and O–H groups in total. The second-order valence-corrected chi connectivity index (χ2v) is 6.82. The predicted molar refractivity (Wildman–Crippen MR) is 88.8 cm³/mol. The molecule has 1 aliphatic heterocycles. The van der Waals surface area contributed by atoms with Crippen molar-refractivity contribution in [3.63, 3.8) is 0 Å². The number of carbonyl (C=O) groups excluding carboxylic acids is 1. The zero-order valence-electron chi connectivity index (χ0n) is 13.7. The van der Waals surface area contributed by atoms with E-state index in [-0.39, 0.29) is 18.6 Å². The Morgan fingerprint density at radius 2 is 2.27 bits per heavy atom. The number of piperidine rings is 1. The summed E-state index contributed by atoms with van der Waals surface area (Å²) in [6.45, 7) is 1.28. The molecule has 0 bridgehead atoms. The number of halogens is 3. The fraction of sp³-hybridized carbons (Fsp3) is 0.438. The van der Waals surface area contributed by atoms with Crippen LogP contribution >= 0.6 is 11.3 Å². The molecule has 26 heavy (non-hydrogen) atoms. The summed E-state index contributed by atoms with van der Waals surface area (Å²) < 4.78 is 43.6. The van der Waals surface area contributed by atoms with E-state index in [0.29, 0.717) is 25.9 Å². The normalized spacial score (nSPS) is 17.8. The maximum Gasteiger partial charge on any atom is 0.433 e. The topological polar surface area (TPSA) is 67.4 Å². The average Bonchev–Trinajstić information content (AvgIpc) is 3.13. The molecule has 140 valence electrons. The Morgan fingerprint density at radius 1 is 1.42 bits per heavy atom. The number of amides is 2. The highest BCUT2D eigenvalue weighted by atomic mass is 32.1. The number of hydrogen-bond donors (Lipinski definition) is 1. The van der Waals surface area contributed by atoms with Gasteiger partial charge in [-0.15, -0.1) is 11.3 Å². The summed E-state index contributed by atoms with van der Waals surface area (Å²) in [6, 6.07) is 4.07. The van der Waals surface area contributed by atoms with Crippen molar-refractivity contribution in [2.24, 2.45) is 0 Å². The molecule has 0 aliphatic carbocycles. The van der Waals surface area contributed by atoms with Crippen LogP contribution < -0.4 is 10.1 Å². The molecule has 0 aromatic carbocycles. The van der Waals surface area contributed by atoms with E-state index in [1.807, 2.05) is 17.5 Å². The van der Waals surface area contributed by atoms with Crippen molar-refractivity contribution in [2.45, 2.75) is 31.7 Å². The van der Waals surface area contributed by atoms with Gasteiger partial charge in [-0.25, -0.2) is 9.78 Å². The molecular weight excluding hydrogens is 369 g/mol. The molecule has 1 atom stereocenters. The SMILES string of the molecule is O=C(NCc1cccs1)N1CCCC(Oc2nccc(C(F)(F)F)n2)C1. The number of alkyl halides is 3. The van der Waals surface area contributed by atoms with Crippen LogP contribution in [0.15, 0.2) is 29.8 Å². The minimum atomic E-state index is -4.55. The van der Waals surface area contributed by atoms with E-state index in [1.165, 1.54) is 0 Å². The molecular formula is C16H17F3N4O2S. The Bertz CT molecular complexity index is 739. The number of carbonyl (C=O) groups is 1. The average molecular weight is 386 g/mol. The molecule has 0 saturated carbocycles. The van der Waals surface area contributed by atoms with Gasteiger partial charge in [-0.3, -0.25) is 0 Å². The smallest absolute Gasteiger partial charge is 0.433 e. The van der Waals surface area contributed by atoms with Gasteiger partial charge < -0.3 is 15.0 Å². The second-order valence-electron chi connectivity index (χ2n) is 5.79.